The molecular formula is C21H22N4O3. The molecule has 0 fully saturated rings. The quantitative estimate of drug-likeness (QED) is 0.388. The Morgan fingerprint density at radius 2 is 2.04 bits per heavy atom. The van der Waals surface area contributed by atoms with Crippen LogP contribution in [0, 0.1) is 0 Å². The molecule has 0 aliphatic carbocycles. The monoisotopic (exact) mass is 378 g/mol. The molecule has 0 bridgehead atoms. The molecule has 2 aromatic heterocycles. The molecule has 7 nitrogen and oxygen atoms in total. The Morgan fingerprint density at radius 3 is 3.00 bits per heavy atom. The Labute approximate surface area is 161 Å². The van der Waals surface area contributed by atoms with Crippen molar-refractivity contribution in [1.82, 2.24) is 20.3 Å². The van der Waals surface area contributed by atoms with Gasteiger partial charge in [-0.15, -0.1) is 0 Å². The van der Waals surface area contributed by atoms with Crippen LogP contribution in [-0.4, -0.2) is 40.8 Å². The van der Waals surface area contributed by atoms with Gasteiger partial charge in [0.05, 0.1) is 5.52 Å². The smallest absolute Gasteiger partial charge is 0.323 e. The Bertz CT molecular complexity index is 1170. The molecule has 5 rings (SSSR count). The van der Waals surface area contributed by atoms with Crippen molar-refractivity contribution in [3.63, 3.8) is 0 Å². The molecule has 28 heavy (non-hydrogen) atoms. The second kappa shape index (κ2) is 7.09. The van der Waals surface area contributed by atoms with Crippen LogP contribution in [0.3, 0.4) is 0 Å². The predicted molar refractivity (Wildman–Crippen MR) is 108 cm³/mol. The third kappa shape index (κ3) is 3.14. The molecular weight excluding hydrogens is 356 g/mol. The molecule has 3 heterocycles. The lowest BCUT2D eigenvalue weighted by molar-refractivity contribution is 0.0923. The van der Waals surface area contributed by atoms with E-state index in [-0.39, 0.29) is 11.8 Å². The molecule has 1 unspecified atom stereocenters. The summed E-state index contributed by atoms with van der Waals surface area (Å²) in [6.07, 6.45) is 4.07. The molecule has 144 valence electrons. The number of ether oxygens (including phenoxy) is 2. The van der Waals surface area contributed by atoms with Gasteiger partial charge in [0.2, 0.25) is 0 Å². The summed E-state index contributed by atoms with van der Waals surface area (Å²) in [6.45, 7) is 2.08. The van der Waals surface area contributed by atoms with Crippen molar-refractivity contribution in [3.8, 4) is 11.5 Å². The second-order valence-electron chi connectivity index (χ2n) is 7.11. The molecule has 0 saturated heterocycles. The number of hydrogen-bond acceptors (Lipinski definition) is 4. The molecule has 2 aromatic carbocycles. The molecule has 4 aromatic rings. The van der Waals surface area contributed by atoms with E-state index in [9.17, 15) is 4.79 Å². The van der Waals surface area contributed by atoms with Gasteiger partial charge in [-0.25, -0.2) is 4.79 Å². The second-order valence-corrected chi connectivity index (χ2v) is 7.11. The third-order valence-corrected chi connectivity index (χ3v) is 5.16. The molecule has 0 saturated carbocycles. The van der Waals surface area contributed by atoms with E-state index in [2.05, 4.69) is 44.7 Å². The average Bonchev–Trinajstić information content (AvgIpc) is 3.30. The van der Waals surface area contributed by atoms with Crippen molar-refractivity contribution in [2.24, 2.45) is 0 Å². The van der Waals surface area contributed by atoms with Gasteiger partial charge in [0.25, 0.3) is 0 Å². The van der Waals surface area contributed by atoms with Crippen molar-refractivity contribution < 1.29 is 9.47 Å². The summed E-state index contributed by atoms with van der Waals surface area (Å²) >= 11 is 0. The number of aryl methyl sites for hydroxylation is 1. The van der Waals surface area contributed by atoms with E-state index in [1.807, 2.05) is 18.2 Å². The van der Waals surface area contributed by atoms with E-state index < -0.39 is 0 Å². The molecule has 7 heteroatoms. The highest BCUT2D eigenvalue weighted by Crippen LogP contribution is 2.36. The van der Waals surface area contributed by atoms with Crippen LogP contribution in [0.1, 0.15) is 12.0 Å². The van der Waals surface area contributed by atoms with E-state index in [1.165, 1.54) is 16.5 Å². The first-order chi connectivity index (χ1) is 13.8. The highest BCUT2D eigenvalue weighted by atomic mass is 16.6. The standard InChI is InChI=1S/C21H22N4O3/c26-21-24-17-7-8-18-20(19(17)25-21)28-14(12-27-18)11-22-9-3-4-13-10-23-16-6-2-1-5-15(13)16/h1-2,5-8,10,14,22-23H,3-4,9,11-12H2,(H2,24,25,26). The van der Waals surface area contributed by atoms with Crippen molar-refractivity contribution >= 4 is 21.9 Å². The Morgan fingerprint density at radius 1 is 1.11 bits per heavy atom. The summed E-state index contributed by atoms with van der Waals surface area (Å²) in [5, 5.41) is 4.75. The van der Waals surface area contributed by atoms with Crippen LogP contribution in [0.25, 0.3) is 21.9 Å². The number of fused-ring (bicyclic) bond motifs is 4. The maximum absolute atomic E-state index is 11.6. The number of hydrogen-bond donors (Lipinski definition) is 4. The molecule has 0 spiro atoms. The zero-order valence-electron chi connectivity index (χ0n) is 15.4. The fraction of sp³-hybridized carbons (Fsp3) is 0.286. The number of para-hydroxylation sites is 1. The first-order valence-corrected chi connectivity index (χ1v) is 9.58. The summed E-state index contributed by atoms with van der Waals surface area (Å²) in [4.78, 5) is 20.4. The SMILES string of the molecule is O=c1[nH]c2ccc3c(c2[nH]1)OC(CNCCCc1c[nH]c2ccccc12)CO3. The van der Waals surface area contributed by atoms with Crippen LogP contribution in [-0.2, 0) is 6.42 Å². The van der Waals surface area contributed by atoms with Crippen molar-refractivity contribution in [1.29, 1.82) is 0 Å². The van der Waals surface area contributed by atoms with Gasteiger partial charge in [0, 0.05) is 23.6 Å². The highest BCUT2D eigenvalue weighted by molar-refractivity contribution is 5.84. The number of nitrogens with one attached hydrogen (secondary N) is 4. The zero-order valence-corrected chi connectivity index (χ0v) is 15.4. The third-order valence-electron chi connectivity index (χ3n) is 5.16. The normalized spacial score (nSPS) is 16.1. The van der Waals surface area contributed by atoms with Crippen LogP contribution in [0.5, 0.6) is 11.5 Å². The van der Waals surface area contributed by atoms with Crippen LogP contribution < -0.4 is 20.5 Å². The maximum atomic E-state index is 11.6. The summed E-state index contributed by atoms with van der Waals surface area (Å²) in [5.41, 5.74) is 3.67. The predicted octanol–water partition coefficient (Wildman–Crippen LogP) is 2.70. The Kier molecular flexibility index (Phi) is 4.29. The van der Waals surface area contributed by atoms with Gasteiger partial charge in [0.15, 0.2) is 11.5 Å². The minimum Gasteiger partial charge on any atom is -0.486 e. The first kappa shape index (κ1) is 16.9. The van der Waals surface area contributed by atoms with E-state index in [0.29, 0.717) is 30.2 Å². The van der Waals surface area contributed by atoms with Crippen molar-refractivity contribution in [2.45, 2.75) is 18.9 Å². The fourth-order valence-electron chi connectivity index (χ4n) is 3.78. The zero-order chi connectivity index (χ0) is 18.9. The van der Waals surface area contributed by atoms with Crippen LogP contribution in [0.2, 0.25) is 0 Å². The van der Waals surface area contributed by atoms with Gasteiger partial charge in [-0.05, 0) is 43.1 Å². The summed E-state index contributed by atoms with van der Waals surface area (Å²) < 4.78 is 11.9. The number of aromatic amines is 3. The molecule has 0 radical (unpaired) electrons. The maximum Gasteiger partial charge on any atom is 0.323 e. The van der Waals surface area contributed by atoms with Gasteiger partial charge in [-0.1, -0.05) is 18.2 Å². The molecule has 1 aliphatic heterocycles. The molecule has 1 atom stereocenters. The van der Waals surface area contributed by atoms with E-state index >= 15 is 0 Å². The van der Waals surface area contributed by atoms with E-state index in [1.54, 1.807) is 0 Å². The number of H-pyrrole nitrogens is 3. The van der Waals surface area contributed by atoms with Gasteiger partial charge in [-0.3, -0.25) is 0 Å². The summed E-state index contributed by atoms with van der Waals surface area (Å²) in [7, 11) is 0. The van der Waals surface area contributed by atoms with Crippen LogP contribution >= 0.6 is 0 Å². The van der Waals surface area contributed by atoms with Gasteiger partial charge in [-0.2, -0.15) is 0 Å². The number of aromatic nitrogens is 3. The Hall–Kier alpha value is -3.19. The lowest BCUT2D eigenvalue weighted by Crippen LogP contribution is -2.39. The first-order valence-electron chi connectivity index (χ1n) is 9.58. The number of imidazole rings is 1. The van der Waals surface area contributed by atoms with Crippen LogP contribution in [0.4, 0.5) is 0 Å². The van der Waals surface area contributed by atoms with Crippen molar-refractivity contribution in [3.05, 3.63) is 58.6 Å². The van der Waals surface area contributed by atoms with Gasteiger partial charge in [0.1, 0.15) is 18.2 Å². The minimum atomic E-state index is -0.246. The molecule has 1 aliphatic rings. The number of benzene rings is 2. The van der Waals surface area contributed by atoms with E-state index in [4.69, 9.17) is 9.47 Å². The van der Waals surface area contributed by atoms with E-state index in [0.717, 1.165) is 24.9 Å². The average molecular weight is 378 g/mol. The lowest BCUT2D eigenvalue weighted by Gasteiger charge is -2.27. The van der Waals surface area contributed by atoms with Gasteiger partial charge < -0.3 is 29.7 Å². The highest BCUT2D eigenvalue weighted by Gasteiger charge is 2.23. The summed E-state index contributed by atoms with van der Waals surface area (Å²) in [6, 6.07) is 12.0. The topological polar surface area (TPSA) is 94.9 Å². The number of rotatable bonds is 6. The molecule has 0 amide bonds. The van der Waals surface area contributed by atoms with Crippen molar-refractivity contribution in [2.75, 3.05) is 19.7 Å². The van der Waals surface area contributed by atoms with Gasteiger partial charge >= 0.3 is 5.69 Å². The Balaban J connectivity index is 1.15. The lowest BCUT2D eigenvalue weighted by atomic mass is 10.1. The van der Waals surface area contributed by atoms with Crippen LogP contribution in [0.15, 0.2) is 47.4 Å². The fourth-order valence-corrected chi connectivity index (χ4v) is 3.78. The largest absolute Gasteiger partial charge is 0.486 e. The minimum absolute atomic E-state index is 0.0930. The summed E-state index contributed by atoms with van der Waals surface area (Å²) in [5.74, 6) is 1.27. The molecule has 4 N–H and O–H groups in total.